The summed E-state index contributed by atoms with van der Waals surface area (Å²) < 4.78 is 74.9. The molecule has 0 heterocycles. The van der Waals surface area contributed by atoms with E-state index in [9.17, 15) is 4.79 Å². The first-order chi connectivity index (χ1) is 22.8. The van der Waals surface area contributed by atoms with Crippen molar-refractivity contribution in [2.45, 2.75) is 6.42 Å². The Kier molecular flexibility index (Phi) is 41.9. The maximum Gasteiger partial charge on any atom is 0.307 e. The second-order valence-corrected chi connectivity index (χ2v) is 9.77. The van der Waals surface area contributed by atoms with Crippen LogP contribution in [0, 0.1) is 0 Å². The highest BCUT2D eigenvalue weighted by molar-refractivity contribution is 9.09. The normalized spacial score (nSPS) is 11.4. The molecule has 0 aliphatic carbocycles. The lowest BCUT2D eigenvalue weighted by atomic mass is 10.5. The van der Waals surface area contributed by atoms with Crippen LogP contribution in [0.15, 0.2) is 0 Å². The summed E-state index contributed by atoms with van der Waals surface area (Å²) in [5, 5.41) is 0.834. The zero-order chi connectivity index (χ0) is 33.3. The standard InChI is InChI=1S/C30H59BrO15/c1-33-30(32)2-4-34-6-8-36-10-12-38-14-16-40-18-20-42-22-24-44-26-28-46-29-27-45-25-23-43-21-19-41-17-15-39-13-11-37-9-7-35-5-3-31/h2-29H2,1H3. The Morgan fingerprint density at radius 1 is 0.326 bits per heavy atom. The van der Waals surface area contributed by atoms with Crippen molar-refractivity contribution in [1.82, 2.24) is 0 Å². The van der Waals surface area contributed by atoms with Gasteiger partial charge in [0.1, 0.15) is 0 Å². The minimum absolute atomic E-state index is 0.244. The Morgan fingerprint density at radius 3 is 0.674 bits per heavy atom. The van der Waals surface area contributed by atoms with Crippen molar-refractivity contribution >= 4 is 21.9 Å². The second-order valence-electron chi connectivity index (χ2n) is 8.98. The van der Waals surface area contributed by atoms with E-state index in [1.807, 2.05) is 0 Å². The van der Waals surface area contributed by atoms with E-state index < -0.39 is 0 Å². The van der Waals surface area contributed by atoms with E-state index >= 15 is 0 Å². The molecule has 0 rings (SSSR count). The van der Waals surface area contributed by atoms with E-state index in [4.69, 9.17) is 61.6 Å². The molecule has 0 aliphatic rings. The van der Waals surface area contributed by atoms with Gasteiger partial charge in [-0.2, -0.15) is 0 Å². The molecule has 0 amide bonds. The van der Waals surface area contributed by atoms with Crippen LogP contribution in [0.1, 0.15) is 6.42 Å². The summed E-state index contributed by atoms with van der Waals surface area (Å²) in [6.07, 6.45) is 0.244. The van der Waals surface area contributed by atoms with Crippen LogP contribution in [-0.4, -0.2) is 190 Å². The number of ether oxygens (including phenoxy) is 14. The van der Waals surface area contributed by atoms with E-state index in [0.29, 0.717) is 172 Å². The smallest absolute Gasteiger partial charge is 0.307 e. The van der Waals surface area contributed by atoms with Gasteiger partial charge in [-0.3, -0.25) is 4.79 Å². The summed E-state index contributed by atoms with van der Waals surface area (Å²) in [6.45, 7) is 13.2. The maximum atomic E-state index is 10.9. The number of halogens is 1. The Morgan fingerprint density at radius 2 is 0.500 bits per heavy atom. The van der Waals surface area contributed by atoms with Crippen molar-refractivity contribution in [3.63, 3.8) is 0 Å². The van der Waals surface area contributed by atoms with Gasteiger partial charge in [-0.1, -0.05) is 15.9 Å². The molecule has 15 nitrogen and oxygen atoms in total. The molecule has 0 spiro atoms. The number of esters is 1. The molecule has 0 fully saturated rings. The van der Waals surface area contributed by atoms with Crippen molar-refractivity contribution in [3.05, 3.63) is 0 Å². The van der Waals surface area contributed by atoms with Crippen LogP contribution in [0.3, 0.4) is 0 Å². The largest absolute Gasteiger partial charge is 0.469 e. The number of alkyl halides is 1. The summed E-state index contributed by atoms with van der Waals surface area (Å²) in [5.74, 6) is -0.286. The van der Waals surface area contributed by atoms with Crippen molar-refractivity contribution in [3.8, 4) is 0 Å². The van der Waals surface area contributed by atoms with Gasteiger partial charge < -0.3 is 66.3 Å². The highest BCUT2D eigenvalue weighted by Gasteiger charge is 1.99. The molecular weight excluding hydrogens is 680 g/mol. The number of hydrogen-bond acceptors (Lipinski definition) is 15. The fourth-order valence-electron chi connectivity index (χ4n) is 3.05. The maximum absolute atomic E-state index is 10.9. The van der Waals surface area contributed by atoms with E-state index in [1.54, 1.807) is 0 Å². The zero-order valence-electron chi connectivity index (χ0n) is 27.8. The van der Waals surface area contributed by atoms with Crippen LogP contribution in [0.2, 0.25) is 0 Å². The molecule has 0 bridgehead atoms. The van der Waals surface area contributed by atoms with E-state index in [-0.39, 0.29) is 12.4 Å². The van der Waals surface area contributed by atoms with Gasteiger partial charge in [0.25, 0.3) is 0 Å². The van der Waals surface area contributed by atoms with Gasteiger partial charge in [0.2, 0.25) is 0 Å². The molecule has 16 heteroatoms. The van der Waals surface area contributed by atoms with Crippen molar-refractivity contribution in [2.75, 3.05) is 184 Å². The average Bonchev–Trinajstić information content (AvgIpc) is 3.07. The molecule has 0 radical (unpaired) electrons. The Bertz CT molecular complexity index is 580. The fourth-order valence-corrected chi connectivity index (χ4v) is 3.28. The van der Waals surface area contributed by atoms with Gasteiger partial charge >= 0.3 is 5.97 Å². The first-order valence-electron chi connectivity index (χ1n) is 15.9. The topological polar surface area (TPSA) is 146 Å². The highest BCUT2D eigenvalue weighted by atomic mass is 79.9. The molecule has 0 unspecified atom stereocenters. The number of methoxy groups -OCH3 is 1. The number of carbonyl (C=O) groups excluding carboxylic acids is 1. The first kappa shape index (κ1) is 45.4. The minimum Gasteiger partial charge on any atom is -0.469 e. The summed E-state index contributed by atoms with van der Waals surface area (Å²) >= 11 is 3.30. The van der Waals surface area contributed by atoms with E-state index in [2.05, 4.69) is 20.7 Å². The molecule has 46 heavy (non-hydrogen) atoms. The van der Waals surface area contributed by atoms with Crippen molar-refractivity contribution < 1.29 is 71.1 Å². The predicted molar refractivity (Wildman–Crippen MR) is 171 cm³/mol. The van der Waals surface area contributed by atoms with Crippen LogP contribution in [0.5, 0.6) is 0 Å². The summed E-state index contributed by atoms with van der Waals surface area (Å²) in [4.78, 5) is 10.9. The summed E-state index contributed by atoms with van der Waals surface area (Å²) in [7, 11) is 1.35. The lowest BCUT2D eigenvalue weighted by Gasteiger charge is -2.09. The third-order valence-electron chi connectivity index (χ3n) is 5.36. The zero-order valence-corrected chi connectivity index (χ0v) is 29.4. The lowest BCUT2D eigenvalue weighted by molar-refractivity contribution is -0.141. The highest BCUT2D eigenvalue weighted by Crippen LogP contribution is 1.89. The molecular formula is C30H59BrO15. The minimum atomic E-state index is -0.286. The third-order valence-corrected chi connectivity index (χ3v) is 5.69. The van der Waals surface area contributed by atoms with Gasteiger partial charge in [-0.05, 0) is 0 Å². The molecule has 0 aliphatic heterocycles. The monoisotopic (exact) mass is 738 g/mol. The number of hydrogen-bond donors (Lipinski definition) is 0. The molecule has 276 valence electrons. The van der Waals surface area contributed by atoms with E-state index in [0.717, 1.165) is 5.33 Å². The molecule has 0 saturated carbocycles. The SMILES string of the molecule is COC(=O)CCOCCOCCOCCOCCOCCOCCOCCOCCOCCOCCOCCOCCOCCBr. The molecule has 0 aromatic rings. The fraction of sp³-hybridized carbons (Fsp3) is 0.967. The van der Waals surface area contributed by atoms with Gasteiger partial charge in [-0.15, -0.1) is 0 Å². The van der Waals surface area contributed by atoms with Crippen LogP contribution < -0.4 is 0 Å². The first-order valence-corrected chi connectivity index (χ1v) is 17.1. The molecule has 0 saturated heterocycles. The Balaban J connectivity index is 3.05. The Labute approximate surface area is 283 Å². The van der Waals surface area contributed by atoms with Gasteiger partial charge in [0.05, 0.1) is 185 Å². The summed E-state index contributed by atoms with van der Waals surface area (Å²) in [5.41, 5.74) is 0. The average molecular weight is 740 g/mol. The van der Waals surface area contributed by atoms with Gasteiger partial charge in [0.15, 0.2) is 0 Å². The van der Waals surface area contributed by atoms with E-state index in [1.165, 1.54) is 7.11 Å². The molecule has 0 aromatic heterocycles. The molecule has 0 aromatic carbocycles. The summed E-state index contributed by atoms with van der Waals surface area (Å²) in [6, 6.07) is 0. The molecule has 0 atom stereocenters. The third kappa shape index (κ3) is 41.5. The quantitative estimate of drug-likeness (QED) is 0.0502. The second kappa shape index (κ2) is 42.5. The lowest BCUT2D eigenvalue weighted by Crippen LogP contribution is -2.15. The van der Waals surface area contributed by atoms with Crippen LogP contribution in [0.25, 0.3) is 0 Å². The number of rotatable bonds is 41. The number of carbonyl (C=O) groups is 1. The van der Waals surface area contributed by atoms with Gasteiger partial charge in [0, 0.05) is 5.33 Å². The van der Waals surface area contributed by atoms with Crippen molar-refractivity contribution in [1.29, 1.82) is 0 Å². The van der Waals surface area contributed by atoms with Crippen LogP contribution in [0.4, 0.5) is 0 Å². The Hall–Kier alpha value is -0.570. The van der Waals surface area contributed by atoms with Crippen LogP contribution in [-0.2, 0) is 71.1 Å². The van der Waals surface area contributed by atoms with Crippen LogP contribution >= 0.6 is 15.9 Å². The predicted octanol–water partition coefficient (Wildman–Crippen LogP) is 1.16. The van der Waals surface area contributed by atoms with Crippen molar-refractivity contribution in [2.24, 2.45) is 0 Å². The molecule has 0 N–H and O–H groups in total. The van der Waals surface area contributed by atoms with Gasteiger partial charge in [-0.25, -0.2) is 0 Å².